The van der Waals surface area contributed by atoms with Gasteiger partial charge in [-0.05, 0) is 18.6 Å². The number of hydrogen-bond acceptors (Lipinski definition) is 4. The van der Waals surface area contributed by atoms with Gasteiger partial charge in [0.1, 0.15) is 12.4 Å². The van der Waals surface area contributed by atoms with Crippen LogP contribution >= 0.6 is 8.25 Å². The molecule has 0 aliphatic carbocycles. The van der Waals surface area contributed by atoms with Crippen molar-refractivity contribution >= 4 is 8.25 Å². The van der Waals surface area contributed by atoms with Gasteiger partial charge in [-0.15, -0.1) is 4.52 Å². The number of para-hydroxylation sites is 1. The first-order chi connectivity index (χ1) is 7.99. The van der Waals surface area contributed by atoms with E-state index in [1.807, 2.05) is 45.0 Å². The number of benzene rings is 1. The Morgan fingerprint density at radius 3 is 2.82 bits per heavy atom. The van der Waals surface area contributed by atoms with E-state index in [0.717, 1.165) is 11.3 Å². The third-order valence-corrected chi connectivity index (χ3v) is 3.39. The molecule has 5 heteroatoms. The van der Waals surface area contributed by atoms with E-state index < -0.39 is 14.5 Å². The Balaban J connectivity index is 2.16. The van der Waals surface area contributed by atoms with Gasteiger partial charge < -0.3 is 4.74 Å². The lowest BCUT2D eigenvalue weighted by Crippen LogP contribution is -2.41. The summed E-state index contributed by atoms with van der Waals surface area (Å²) in [6, 6.07) is 7.67. The summed E-state index contributed by atoms with van der Waals surface area (Å²) in [7, 11) is -2.07. The van der Waals surface area contributed by atoms with Gasteiger partial charge in [0.2, 0.25) is 0 Å². The molecule has 1 heterocycles. The van der Waals surface area contributed by atoms with Gasteiger partial charge in [-0.2, -0.15) is 0 Å². The summed E-state index contributed by atoms with van der Waals surface area (Å²) in [5.74, 6) is 0.746. The van der Waals surface area contributed by atoms with Gasteiger partial charge in [0.15, 0.2) is 0 Å². The zero-order valence-electron chi connectivity index (χ0n) is 10.2. The zero-order valence-corrected chi connectivity index (χ0v) is 11.1. The topological polar surface area (TPSA) is 44.8 Å². The molecule has 0 aromatic heterocycles. The minimum Gasteiger partial charge on any atom is -0.459 e. The second kappa shape index (κ2) is 4.73. The van der Waals surface area contributed by atoms with E-state index in [1.165, 1.54) is 0 Å². The summed E-state index contributed by atoms with van der Waals surface area (Å²) in [4.78, 5) is 0. The molecular weight excluding hydrogens is 239 g/mol. The first-order valence-electron chi connectivity index (χ1n) is 5.48. The third kappa shape index (κ3) is 2.83. The highest BCUT2D eigenvalue weighted by molar-refractivity contribution is 7.33. The van der Waals surface area contributed by atoms with Crippen molar-refractivity contribution in [3.05, 3.63) is 29.8 Å². The Hall–Kier alpha value is -0.960. The van der Waals surface area contributed by atoms with Crippen LogP contribution in [-0.2, 0) is 13.6 Å². The van der Waals surface area contributed by atoms with E-state index in [4.69, 9.17) is 13.8 Å². The highest BCUT2D eigenvalue weighted by Crippen LogP contribution is 2.42. The van der Waals surface area contributed by atoms with Crippen LogP contribution < -0.4 is 4.74 Å². The van der Waals surface area contributed by atoms with Gasteiger partial charge in [0.25, 0.3) is 6.29 Å². The first kappa shape index (κ1) is 12.5. The Morgan fingerprint density at radius 2 is 2.12 bits per heavy atom. The molecule has 0 amide bonds. The van der Waals surface area contributed by atoms with Gasteiger partial charge in [-0.3, -0.25) is 0 Å². The number of rotatable bonds is 2. The average Bonchev–Trinajstić information content (AvgIpc) is 2.27. The molecule has 17 heavy (non-hydrogen) atoms. The maximum Gasteiger partial charge on any atom is 0.701 e. The Labute approximate surface area is 102 Å². The maximum atomic E-state index is 11.3. The Morgan fingerprint density at radius 1 is 1.41 bits per heavy atom. The molecule has 0 spiro atoms. The maximum absolute atomic E-state index is 11.3. The van der Waals surface area contributed by atoms with Gasteiger partial charge in [0, 0.05) is 4.57 Å². The highest BCUT2D eigenvalue weighted by atomic mass is 31.1. The number of aryl methyl sites for hydroxylation is 1. The van der Waals surface area contributed by atoms with E-state index in [-0.39, 0.29) is 5.41 Å². The second-order valence-electron chi connectivity index (χ2n) is 4.81. The number of ether oxygens (including phenoxy) is 1. The molecule has 1 fully saturated rings. The SMILES string of the molecule is Cc1ccccc1OC1O[P+](=O)OCC1(C)C. The molecule has 2 rings (SSSR count). The molecule has 1 aromatic carbocycles. The molecule has 4 nitrogen and oxygen atoms in total. The van der Waals surface area contributed by atoms with Crippen molar-refractivity contribution in [3.63, 3.8) is 0 Å². The molecular formula is C12H16O4P+. The average molecular weight is 255 g/mol. The van der Waals surface area contributed by atoms with Crippen LogP contribution in [-0.4, -0.2) is 12.9 Å². The van der Waals surface area contributed by atoms with Crippen LogP contribution in [0.3, 0.4) is 0 Å². The van der Waals surface area contributed by atoms with E-state index in [9.17, 15) is 4.57 Å². The normalized spacial score (nSPS) is 25.6. The second-order valence-corrected chi connectivity index (χ2v) is 5.72. The molecule has 0 radical (unpaired) electrons. The van der Waals surface area contributed by atoms with Crippen molar-refractivity contribution in [2.75, 3.05) is 6.61 Å². The molecule has 1 aromatic rings. The third-order valence-electron chi connectivity index (χ3n) is 2.69. The fourth-order valence-electron chi connectivity index (χ4n) is 1.52. The van der Waals surface area contributed by atoms with Gasteiger partial charge in [-0.25, -0.2) is 0 Å². The molecule has 0 N–H and O–H groups in total. The Bertz CT molecular complexity index is 430. The van der Waals surface area contributed by atoms with Gasteiger partial charge in [-0.1, -0.05) is 36.6 Å². The summed E-state index contributed by atoms with van der Waals surface area (Å²) in [5.41, 5.74) is 0.694. The van der Waals surface area contributed by atoms with Gasteiger partial charge in [0.05, 0.1) is 5.41 Å². The minimum atomic E-state index is -2.07. The lowest BCUT2D eigenvalue weighted by Gasteiger charge is -2.30. The summed E-state index contributed by atoms with van der Waals surface area (Å²) in [6.07, 6.45) is -0.555. The molecule has 1 aliphatic rings. The smallest absolute Gasteiger partial charge is 0.459 e. The molecule has 92 valence electrons. The summed E-state index contributed by atoms with van der Waals surface area (Å²) < 4.78 is 27.3. The lowest BCUT2D eigenvalue weighted by molar-refractivity contribution is -0.125. The fourth-order valence-corrected chi connectivity index (χ4v) is 2.51. The van der Waals surface area contributed by atoms with E-state index >= 15 is 0 Å². The Kier molecular flexibility index (Phi) is 3.48. The minimum absolute atomic E-state index is 0.328. The standard InChI is InChI=1S/C12H16O4P/c1-9-6-4-5-7-10(9)15-11-12(2,3)8-14-17(13)16-11/h4-7,11H,8H2,1-3H3/q+1. The van der Waals surface area contributed by atoms with Crippen molar-refractivity contribution in [3.8, 4) is 5.75 Å². The molecule has 1 aliphatic heterocycles. The van der Waals surface area contributed by atoms with Crippen LogP contribution in [0.15, 0.2) is 24.3 Å². The zero-order chi connectivity index (χ0) is 12.5. The molecule has 0 saturated carbocycles. The molecule has 1 saturated heterocycles. The van der Waals surface area contributed by atoms with E-state index in [1.54, 1.807) is 0 Å². The quantitative estimate of drug-likeness (QED) is 0.759. The van der Waals surface area contributed by atoms with Gasteiger partial charge >= 0.3 is 8.25 Å². The largest absolute Gasteiger partial charge is 0.701 e. The predicted molar refractivity (Wildman–Crippen MR) is 64.0 cm³/mol. The number of hydrogen-bond donors (Lipinski definition) is 0. The van der Waals surface area contributed by atoms with Crippen LogP contribution in [0, 0.1) is 12.3 Å². The van der Waals surface area contributed by atoms with Crippen molar-refractivity contribution in [1.29, 1.82) is 0 Å². The molecule has 2 unspecified atom stereocenters. The van der Waals surface area contributed by atoms with E-state index in [2.05, 4.69) is 0 Å². The van der Waals surface area contributed by atoms with Crippen LogP contribution in [0.4, 0.5) is 0 Å². The molecule has 0 bridgehead atoms. The summed E-state index contributed by atoms with van der Waals surface area (Å²) >= 11 is 0. The summed E-state index contributed by atoms with van der Waals surface area (Å²) in [6.45, 7) is 6.23. The van der Waals surface area contributed by atoms with Crippen molar-refractivity contribution in [2.45, 2.75) is 27.1 Å². The summed E-state index contributed by atoms with van der Waals surface area (Å²) in [5, 5.41) is 0. The monoisotopic (exact) mass is 255 g/mol. The van der Waals surface area contributed by atoms with E-state index in [0.29, 0.717) is 6.61 Å². The lowest BCUT2D eigenvalue weighted by atomic mass is 9.94. The predicted octanol–water partition coefficient (Wildman–Crippen LogP) is 3.43. The first-order valence-corrected chi connectivity index (χ1v) is 6.58. The van der Waals surface area contributed by atoms with Crippen LogP contribution in [0.1, 0.15) is 19.4 Å². The van der Waals surface area contributed by atoms with Crippen molar-refractivity contribution in [2.24, 2.45) is 5.41 Å². The fraction of sp³-hybridized carbons (Fsp3) is 0.500. The van der Waals surface area contributed by atoms with Crippen molar-refractivity contribution < 1.29 is 18.3 Å². The van der Waals surface area contributed by atoms with Crippen molar-refractivity contribution in [1.82, 2.24) is 0 Å². The van der Waals surface area contributed by atoms with Crippen LogP contribution in [0.2, 0.25) is 0 Å². The van der Waals surface area contributed by atoms with Crippen LogP contribution in [0.5, 0.6) is 5.75 Å². The molecule has 2 atom stereocenters. The van der Waals surface area contributed by atoms with Crippen LogP contribution in [0.25, 0.3) is 0 Å². The highest BCUT2D eigenvalue weighted by Gasteiger charge is 2.48.